The van der Waals surface area contributed by atoms with Crippen LogP contribution in [-0.2, 0) is 9.84 Å². The van der Waals surface area contributed by atoms with E-state index in [1.807, 2.05) is 0 Å². The van der Waals surface area contributed by atoms with Gasteiger partial charge in [0.25, 0.3) is 0 Å². The minimum absolute atomic E-state index is 0.0891. The highest BCUT2D eigenvalue weighted by Crippen LogP contribution is 2.39. The molecule has 0 aromatic heterocycles. The lowest BCUT2D eigenvalue weighted by Crippen LogP contribution is -2.30. The second kappa shape index (κ2) is 6.76. The summed E-state index contributed by atoms with van der Waals surface area (Å²) in [6.07, 6.45) is 0. The van der Waals surface area contributed by atoms with Crippen LogP contribution in [0.3, 0.4) is 0 Å². The zero-order valence-corrected chi connectivity index (χ0v) is 13.2. The van der Waals surface area contributed by atoms with E-state index in [2.05, 4.69) is 0 Å². The number of carbonyl (C=O) groups excluding carboxylic acids is 1. The molecule has 0 spiro atoms. The Hall–Kier alpha value is -1.80. The van der Waals surface area contributed by atoms with Gasteiger partial charge in [-0.3, -0.25) is 4.79 Å². The molecule has 1 unspecified atom stereocenters. The monoisotopic (exact) mass is 360 g/mol. The summed E-state index contributed by atoms with van der Waals surface area (Å²) in [5.41, 5.74) is -4.95. The second-order valence-corrected chi connectivity index (χ2v) is 7.99. The van der Waals surface area contributed by atoms with Gasteiger partial charge in [-0.1, -0.05) is 48.5 Å². The largest absolute Gasteiger partial charge is 0.443 e. The number of rotatable bonds is 5. The number of ketones is 1. The van der Waals surface area contributed by atoms with Crippen LogP contribution in [0.2, 0.25) is 0 Å². The number of Topliss-reactive ketones (excluding diaryl/α,β-unsaturated/α-hetero) is 1. The molecule has 0 heterocycles. The number of benzene rings is 2. The fourth-order valence-corrected chi connectivity index (χ4v) is 4.71. The van der Waals surface area contributed by atoms with Crippen molar-refractivity contribution in [2.45, 2.75) is 15.0 Å². The van der Waals surface area contributed by atoms with Crippen LogP contribution < -0.4 is 0 Å². The Kier molecular flexibility index (Phi) is 5.16. The van der Waals surface area contributed by atoms with Gasteiger partial charge in [-0.15, -0.1) is 0 Å². The van der Waals surface area contributed by atoms with Crippen LogP contribution >= 0.6 is 11.8 Å². The number of sulfone groups is 1. The highest BCUT2D eigenvalue weighted by atomic mass is 32.3. The van der Waals surface area contributed by atoms with E-state index in [1.54, 1.807) is 6.07 Å². The summed E-state index contributed by atoms with van der Waals surface area (Å²) in [4.78, 5) is 12.0. The lowest BCUT2D eigenvalue weighted by molar-refractivity contribution is -0.0329. The van der Waals surface area contributed by atoms with Crippen LogP contribution in [0.25, 0.3) is 0 Å². The van der Waals surface area contributed by atoms with E-state index in [0.717, 1.165) is 12.1 Å². The van der Waals surface area contributed by atoms with E-state index in [9.17, 15) is 26.4 Å². The first-order chi connectivity index (χ1) is 10.7. The Labute approximate surface area is 135 Å². The molecular formula is C15H11F3O3S2. The highest BCUT2D eigenvalue weighted by Gasteiger charge is 2.44. The SMILES string of the molecule is O=C(c1ccccc1)C(SC(F)(F)F)S(=O)(=O)c1ccccc1. The van der Waals surface area contributed by atoms with Crippen LogP contribution in [-0.4, -0.2) is 24.3 Å². The smallest absolute Gasteiger partial charge is 0.292 e. The zero-order chi connectivity index (χ0) is 17.1. The van der Waals surface area contributed by atoms with Crippen molar-refractivity contribution in [2.24, 2.45) is 0 Å². The Morgan fingerprint density at radius 1 is 0.913 bits per heavy atom. The molecule has 0 saturated carbocycles. The van der Waals surface area contributed by atoms with Gasteiger partial charge in [-0.25, -0.2) is 8.42 Å². The third kappa shape index (κ3) is 4.35. The van der Waals surface area contributed by atoms with Crippen LogP contribution in [0.1, 0.15) is 10.4 Å². The van der Waals surface area contributed by atoms with Crippen LogP contribution in [0.15, 0.2) is 65.6 Å². The van der Waals surface area contributed by atoms with Gasteiger partial charge in [-0.05, 0) is 23.9 Å². The predicted octanol–water partition coefficient (Wildman–Crippen LogP) is 3.92. The van der Waals surface area contributed by atoms with Crippen molar-refractivity contribution in [2.75, 3.05) is 0 Å². The van der Waals surface area contributed by atoms with E-state index in [-0.39, 0.29) is 10.5 Å². The number of alkyl halides is 3. The molecule has 0 aliphatic rings. The molecule has 2 aromatic rings. The molecule has 0 bridgehead atoms. The number of halogens is 3. The van der Waals surface area contributed by atoms with Crippen molar-refractivity contribution in [3.05, 3.63) is 66.2 Å². The van der Waals surface area contributed by atoms with Gasteiger partial charge in [0.15, 0.2) is 20.2 Å². The van der Waals surface area contributed by atoms with Gasteiger partial charge in [-0.2, -0.15) is 13.2 Å². The molecule has 122 valence electrons. The average Bonchev–Trinajstić information content (AvgIpc) is 2.53. The molecule has 2 rings (SSSR count). The molecule has 1 atom stereocenters. The van der Waals surface area contributed by atoms with Crippen molar-refractivity contribution in [3.63, 3.8) is 0 Å². The van der Waals surface area contributed by atoms with E-state index < -0.39 is 37.5 Å². The maximum Gasteiger partial charge on any atom is 0.443 e. The normalized spacial score (nSPS) is 13.5. The van der Waals surface area contributed by atoms with Crippen molar-refractivity contribution >= 4 is 27.4 Å². The van der Waals surface area contributed by atoms with Gasteiger partial charge >= 0.3 is 5.51 Å². The summed E-state index contributed by atoms with van der Waals surface area (Å²) < 4.78 is 61.0. The van der Waals surface area contributed by atoms with Crippen LogP contribution in [0, 0.1) is 0 Å². The third-order valence-electron chi connectivity index (χ3n) is 2.87. The van der Waals surface area contributed by atoms with E-state index >= 15 is 0 Å². The van der Waals surface area contributed by atoms with Gasteiger partial charge < -0.3 is 0 Å². The Morgan fingerprint density at radius 2 is 1.39 bits per heavy atom. The van der Waals surface area contributed by atoms with E-state index in [0.29, 0.717) is 0 Å². The fraction of sp³-hybridized carbons (Fsp3) is 0.133. The van der Waals surface area contributed by atoms with Gasteiger partial charge in [0.1, 0.15) is 0 Å². The summed E-state index contributed by atoms with van der Waals surface area (Å²) in [5.74, 6) is -1.10. The Bertz CT molecular complexity index is 773. The summed E-state index contributed by atoms with van der Waals surface area (Å²) in [5, 5.41) is 0. The lowest BCUT2D eigenvalue weighted by Gasteiger charge is -2.18. The van der Waals surface area contributed by atoms with Crippen molar-refractivity contribution in [1.29, 1.82) is 0 Å². The third-order valence-corrected chi connectivity index (χ3v) is 6.32. The summed E-state index contributed by atoms with van der Waals surface area (Å²) in [7, 11) is -4.49. The molecule has 0 aliphatic heterocycles. The molecule has 0 aliphatic carbocycles. The fourth-order valence-electron chi connectivity index (χ4n) is 1.85. The summed E-state index contributed by atoms with van der Waals surface area (Å²) >= 11 is -0.831. The lowest BCUT2D eigenvalue weighted by atomic mass is 10.1. The maximum absolute atomic E-state index is 12.8. The number of hydrogen-bond donors (Lipinski definition) is 0. The first-order valence-electron chi connectivity index (χ1n) is 6.34. The van der Waals surface area contributed by atoms with Gasteiger partial charge in [0.2, 0.25) is 0 Å². The molecule has 0 amide bonds. The van der Waals surface area contributed by atoms with Crippen molar-refractivity contribution in [3.8, 4) is 0 Å². The van der Waals surface area contributed by atoms with Crippen LogP contribution in [0.4, 0.5) is 13.2 Å². The maximum atomic E-state index is 12.8. The Balaban J connectivity index is 2.49. The van der Waals surface area contributed by atoms with Gasteiger partial charge in [0, 0.05) is 5.56 Å². The minimum atomic E-state index is -4.86. The van der Waals surface area contributed by atoms with E-state index in [1.165, 1.54) is 42.5 Å². The number of hydrogen-bond acceptors (Lipinski definition) is 4. The molecule has 2 aromatic carbocycles. The number of carbonyl (C=O) groups is 1. The topological polar surface area (TPSA) is 51.2 Å². The zero-order valence-electron chi connectivity index (χ0n) is 11.5. The molecule has 3 nitrogen and oxygen atoms in total. The highest BCUT2D eigenvalue weighted by molar-refractivity contribution is 8.15. The Morgan fingerprint density at radius 3 is 1.87 bits per heavy atom. The first kappa shape index (κ1) is 17.6. The average molecular weight is 360 g/mol. The molecule has 23 heavy (non-hydrogen) atoms. The summed E-state index contributed by atoms with van der Waals surface area (Å²) in [6.45, 7) is 0. The second-order valence-electron chi connectivity index (χ2n) is 4.48. The predicted molar refractivity (Wildman–Crippen MR) is 81.8 cm³/mol. The van der Waals surface area contributed by atoms with E-state index in [4.69, 9.17) is 0 Å². The van der Waals surface area contributed by atoms with Crippen molar-refractivity contribution in [1.82, 2.24) is 0 Å². The minimum Gasteiger partial charge on any atom is -0.292 e. The van der Waals surface area contributed by atoms with Crippen LogP contribution in [0.5, 0.6) is 0 Å². The molecule has 0 saturated heterocycles. The van der Waals surface area contributed by atoms with Gasteiger partial charge in [0.05, 0.1) is 4.90 Å². The number of thioether (sulfide) groups is 1. The standard InChI is InChI=1S/C15H11F3O3S2/c16-15(17,18)22-14(13(19)11-7-3-1-4-8-11)23(20,21)12-9-5-2-6-10-12/h1-10,14H. The molecule has 0 fully saturated rings. The molecule has 0 N–H and O–H groups in total. The molecular weight excluding hydrogens is 349 g/mol. The quantitative estimate of drug-likeness (QED) is 0.759. The molecule has 0 radical (unpaired) electrons. The summed E-state index contributed by atoms with van der Waals surface area (Å²) in [6, 6.07) is 13.7. The van der Waals surface area contributed by atoms with Crippen molar-refractivity contribution < 1.29 is 26.4 Å². The molecule has 8 heteroatoms. The first-order valence-corrected chi connectivity index (χ1v) is 8.77.